The molecule has 4 aromatic rings. The van der Waals surface area contributed by atoms with Crippen LogP contribution in [-0.2, 0) is 0 Å². The smallest absolute Gasteiger partial charge is 0.0465 e. The molecule has 0 spiro atoms. The molecule has 0 radical (unpaired) electrons. The van der Waals surface area contributed by atoms with Crippen molar-refractivity contribution in [1.29, 1.82) is 0 Å². The van der Waals surface area contributed by atoms with E-state index >= 15 is 0 Å². The lowest BCUT2D eigenvalue weighted by molar-refractivity contribution is 1.47. The second-order valence-corrected chi connectivity index (χ2v) is 5.30. The van der Waals surface area contributed by atoms with Gasteiger partial charge in [0, 0.05) is 34.6 Å². The molecular weight excluding hydrogens is 337 g/mol. The summed E-state index contributed by atoms with van der Waals surface area (Å²) in [5, 5.41) is 2.58. The maximum Gasteiger partial charge on any atom is 0.0465 e. The van der Waals surface area contributed by atoms with Gasteiger partial charge in [-0.1, -0.05) is 54.1 Å². The standard InChI is InChI=1S/C19H15N.2CH3Cl/c1-13-6-8-14(9-7-13)15-10-11-19-17(12-15)16-4-2-3-5-18(16)20-19;2*1-2/h2-12,20H,1H3;2*1H3. The van der Waals surface area contributed by atoms with E-state index in [-0.39, 0.29) is 0 Å². The van der Waals surface area contributed by atoms with Gasteiger partial charge in [-0.15, -0.1) is 23.2 Å². The maximum atomic E-state index is 4.64. The number of rotatable bonds is 1. The SMILES string of the molecule is CCl.CCl.Cc1ccc(-c2ccc3[nH]c4ccccc4c3c2)cc1. The molecule has 0 fully saturated rings. The van der Waals surface area contributed by atoms with Crippen molar-refractivity contribution in [3.05, 3.63) is 72.3 Å². The van der Waals surface area contributed by atoms with Crippen LogP contribution in [0.4, 0.5) is 0 Å². The quantitative estimate of drug-likeness (QED) is 0.352. The number of aromatic nitrogens is 1. The van der Waals surface area contributed by atoms with Gasteiger partial charge in [0.15, 0.2) is 0 Å². The highest BCUT2D eigenvalue weighted by molar-refractivity contribution is 6.15. The second kappa shape index (κ2) is 8.77. The normalized spacial score (nSPS) is 9.88. The largest absolute Gasteiger partial charge is 0.355 e. The molecule has 3 heteroatoms. The zero-order valence-corrected chi connectivity index (χ0v) is 15.6. The number of aromatic amines is 1. The third-order valence-electron chi connectivity index (χ3n) is 3.89. The lowest BCUT2D eigenvalue weighted by Crippen LogP contribution is -1.78. The van der Waals surface area contributed by atoms with E-state index in [1.165, 1.54) is 51.3 Å². The summed E-state index contributed by atoms with van der Waals surface area (Å²) in [5.41, 5.74) is 6.22. The van der Waals surface area contributed by atoms with Gasteiger partial charge < -0.3 is 4.98 Å². The zero-order chi connectivity index (χ0) is 17.5. The lowest BCUT2D eigenvalue weighted by atomic mass is 10.0. The molecule has 0 bridgehead atoms. The predicted molar refractivity (Wildman–Crippen MR) is 110 cm³/mol. The van der Waals surface area contributed by atoms with Crippen molar-refractivity contribution in [3.8, 4) is 11.1 Å². The minimum atomic E-state index is 1.20. The van der Waals surface area contributed by atoms with Crippen molar-refractivity contribution in [2.75, 3.05) is 12.8 Å². The van der Waals surface area contributed by atoms with Gasteiger partial charge in [0.05, 0.1) is 0 Å². The molecular formula is C21H21Cl2N. The molecule has 24 heavy (non-hydrogen) atoms. The Morgan fingerprint density at radius 1 is 0.625 bits per heavy atom. The predicted octanol–water partition coefficient (Wildman–Crippen LogP) is 7.01. The van der Waals surface area contributed by atoms with Gasteiger partial charge >= 0.3 is 0 Å². The molecule has 0 unspecified atom stereocenters. The summed E-state index contributed by atoms with van der Waals surface area (Å²) in [6, 6.07) is 23.8. The number of H-pyrrole nitrogens is 1. The van der Waals surface area contributed by atoms with Crippen molar-refractivity contribution in [2.45, 2.75) is 6.92 Å². The topological polar surface area (TPSA) is 15.8 Å². The summed E-state index contributed by atoms with van der Waals surface area (Å²) in [7, 11) is 0. The Balaban J connectivity index is 0.000000487. The third kappa shape index (κ3) is 3.75. The van der Waals surface area contributed by atoms with Crippen molar-refractivity contribution in [1.82, 2.24) is 4.98 Å². The van der Waals surface area contributed by atoms with E-state index in [1.807, 2.05) is 0 Å². The first-order valence-electron chi connectivity index (χ1n) is 7.64. The number of alkyl halides is 2. The summed E-state index contributed by atoms with van der Waals surface area (Å²) in [6.07, 6.45) is 2.94. The van der Waals surface area contributed by atoms with Crippen LogP contribution in [-0.4, -0.2) is 17.7 Å². The van der Waals surface area contributed by atoms with Gasteiger partial charge in [0.2, 0.25) is 0 Å². The molecule has 0 aliphatic rings. The maximum absolute atomic E-state index is 4.64. The monoisotopic (exact) mass is 357 g/mol. The van der Waals surface area contributed by atoms with E-state index in [9.17, 15) is 0 Å². The number of para-hydroxylation sites is 1. The van der Waals surface area contributed by atoms with Crippen LogP contribution in [0.1, 0.15) is 5.56 Å². The summed E-state index contributed by atoms with van der Waals surface area (Å²) in [6.45, 7) is 2.12. The highest BCUT2D eigenvalue weighted by Gasteiger charge is 2.05. The molecule has 1 nitrogen and oxygen atoms in total. The van der Waals surface area contributed by atoms with Crippen LogP contribution in [0.3, 0.4) is 0 Å². The van der Waals surface area contributed by atoms with E-state index in [0.29, 0.717) is 0 Å². The van der Waals surface area contributed by atoms with E-state index in [4.69, 9.17) is 0 Å². The molecule has 0 aliphatic heterocycles. The van der Waals surface area contributed by atoms with Crippen LogP contribution in [0.25, 0.3) is 32.9 Å². The third-order valence-corrected chi connectivity index (χ3v) is 3.89. The minimum Gasteiger partial charge on any atom is -0.355 e. The number of fused-ring (bicyclic) bond motifs is 3. The Morgan fingerprint density at radius 3 is 1.92 bits per heavy atom. The molecule has 0 aliphatic carbocycles. The molecule has 0 saturated carbocycles. The summed E-state index contributed by atoms with van der Waals surface area (Å²) in [5.74, 6) is 0. The van der Waals surface area contributed by atoms with Gasteiger partial charge in [-0.2, -0.15) is 0 Å². The first-order valence-corrected chi connectivity index (χ1v) is 9.15. The van der Waals surface area contributed by atoms with Crippen LogP contribution in [0, 0.1) is 6.92 Å². The van der Waals surface area contributed by atoms with Crippen molar-refractivity contribution in [3.63, 3.8) is 0 Å². The summed E-state index contributed by atoms with van der Waals surface area (Å²) >= 11 is 9.28. The lowest BCUT2D eigenvalue weighted by Gasteiger charge is -2.03. The van der Waals surface area contributed by atoms with Gasteiger partial charge in [0.1, 0.15) is 0 Å². The van der Waals surface area contributed by atoms with Gasteiger partial charge in [-0.25, -0.2) is 0 Å². The fourth-order valence-corrected chi connectivity index (χ4v) is 2.77. The number of nitrogens with one attached hydrogen (secondary N) is 1. The molecule has 0 amide bonds. The molecule has 124 valence electrons. The Bertz CT molecular complexity index is 908. The number of halogens is 2. The highest BCUT2D eigenvalue weighted by Crippen LogP contribution is 2.29. The molecule has 4 rings (SSSR count). The highest BCUT2D eigenvalue weighted by atomic mass is 35.5. The first-order chi connectivity index (χ1) is 11.8. The average molecular weight is 358 g/mol. The first kappa shape index (κ1) is 18.4. The molecule has 1 N–H and O–H groups in total. The zero-order valence-electron chi connectivity index (χ0n) is 14.1. The van der Waals surface area contributed by atoms with Gasteiger partial charge in [0.25, 0.3) is 0 Å². The van der Waals surface area contributed by atoms with Crippen molar-refractivity contribution in [2.24, 2.45) is 0 Å². The fourth-order valence-electron chi connectivity index (χ4n) is 2.77. The minimum absolute atomic E-state index is 1.20. The van der Waals surface area contributed by atoms with Crippen LogP contribution in [0.2, 0.25) is 0 Å². The Hall–Kier alpha value is -1.96. The van der Waals surface area contributed by atoms with E-state index < -0.39 is 0 Å². The summed E-state index contributed by atoms with van der Waals surface area (Å²) in [4.78, 5) is 3.47. The summed E-state index contributed by atoms with van der Waals surface area (Å²) < 4.78 is 0. The molecule has 0 atom stereocenters. The molecule has 0 saturated heterocycles. The van der Waals surface area contributed by atoms with Crippen molar-refractivity contribution < 1.29 is 0 Å². The van der Waals surface area contributed by atoms with Crippen molar-refractivity contribution >= 4 is 45.0 Å². The van der Waals surface area contributed by atoms with Crippen LogP contribution >= 0.6 is 23.2 Å². The van der Waals surface area contributed by atoms with E-state index in [2.05, 4.69) is 102 Å². The van der Waals surface area contributed by atoms with Crippen LogP contribution < -0.4 is 0 Å². The van der Waals surface area contributed by atoms with E-state index in [0.717, 1.165) is 0 Å². The number of hydrogen-bond donors (Lipinski definition) is 1. The molecule has 3 aromatic carbocycles. The van der Waals surface area contributed by atoms with Crippen LogP contribution in [0.15, 0.2) is 66.7 Å². The van der Waals surface area contributed by atoms with Gasteiger partial charge in [-0.3, -0.25) is 0 Å². The molecule has 1 aromatic heterocycles. The molecule has 1 heterocycles. The number of aryl methyl sites for hydroxylation is 1. The Morgan fingerprint density at radius 2 is 1.21 bits per heavy atom. The Kier molecular flexibility index (Phi) is 6.72. The van der Waals surface area contributed by atoms with Crippen LogP contribution in [0.5, 0.6) is 0 Å². The second-order valence-electron chi connectivity index (χ2n) is 5.30. The van der Waals surface area contributed by atoms with Gasteiger partial charge in [-0.05, 0) is 36.2 Å². The Labute approximate surface area is 153 Å². The number of hydrogen-bond acceptors (Lipinski definition) is 0. The average Bonchev–Trinajstić information content (AvgIpc) is 3.03. The van der Waals surface area contributed by atoms with E-state index in [1.54, 1.807) is 0 Å². The number of benzene rings is 3. The fraction of sp³-hybridized carbons (Fsp3) is 0.143.